The van der Waals surface area contributed by atoms with Crippen LogP contribution in [-0.4, -0.2) is 23.1 Å². The van der Waals surface area contributed by atoms with Gasteiger partial charge in [-0.15, -0.1) is 24.8 Å². The summed E-state index contributed by atoms with van der Waals surface area (Å²) in [5, 5.41) is 5.39. The van der Waals surface area contributed by atoms with Crippen LogP contribution in [0.15, 0.2) is 42.5 Å². The predicted molar refractivity (Wildman–Crippen MR) is 131 cm³/mol. The first-order chi connectivity index (χ1) is 13.7. The van der Waals surface area contributed by atoms with Crippen molar-refractivity contribution < 1.29 is 4.74 Å². The van der Waals surface area contributed by atoms with Crippen LogP contribution in [0.2, 0.25) is 5.02 Å². The Morgan fingerprint density at radius 1 is 0.967 bits per heavy atom. The third-order valence-electron chi connectivity index (χ3n) is 5.16. The SMILES string of the molecule is COc1ccc2nc(/C=C/c3ccc(Cl)cc3)nc(NC3CCCCC3)c2c1.Cl.Cl. The molecule has 1 fully saturated rings. The van der Waals surface area contributed by atoms with Gasteiger partial charge in [-0.1, -0.05) is 49.1 Å². The zero-order valence-electron chi connectivity index (χ0n) is 16.8. The third-order valence-corrected chi connectivity index (χ3v) is 5.41. The van der Waals surface area contributed by atoms with Crippen molar-refractivity contribution in [1.29, 1.82) is 0 Å². The van der Waals surface area contributed by atoms with Gasteiger partial charge in [0.25, 0.3) is 0 Å². The molecule has 0 atom stereocenters. The molecule has 4 rings (SSSR count). The van der Waals surface area contributed by atoms with Crippen molar-refractivity contribution in [3.8, 4) is 5.75 Å². The van der Waals surface area contributed by atoms with Crippen LogP contribution in [0.1, 0.15) is 43.5 Å². The lowest BCUT2D eigenvalue weighted by molar-refractivity contribution is 0.415. The number of hydrogen-bond donors (Lipinski definition) is 1. The number of aromatic nitrogens is 2. The van der Waals surface area contributed by atoms with Crippen LogP contribution in [-0.2, 0) is 0 Å². The van der Waals surface area contributed by atoms with E-state index in [1.54, 1.807) is 7.11 Å². The van der Waals surface area contributed by atoms with Gasteiger partial charge >= 0.3 is 0 Å². The summed E-state index contributed by atoms with van der Waals surface area (Å²) in [6, 6.07) is 14.1. The topological polar surface area (TPSA) is 47.0 Å². The number of anilines is 1. The van der Waals surface area contributed by atoms with Crippen molar-refractivity contribution in [2.24, 2.45) is 0 Å². The van der Waals surface area contributed by atoms with Crippen LogP contribution in [0, 0.1) is 0 Å². The van der Waals surface area contributed by atoms with E-state index in [9.17, 15) is 0 Å². The second-order valence-electron chi connectivity index (χ2n) is 7.18. The summed E-state index contributed by atoms with van der Waals surface area (Å²) in [6.07, 6.45) is 10.2. The Labute approximate surface area is 194 Å². The molecule has 30 heavy (non-hydrogen) atoms. The van der Waals surface area contributed by atoms with E-state index in [0.717, 1.165) is 33.1 Å². The average Bonchev–Trinajstić information content (AvgIpc) is 2.74. The Balaban J connectivity index is 0.00000160. The van der Waals surface area contributed by atoms with Gasteiger partial charge in [0.2, 0.25) is 0 Å². The molecule has 0 spiro atoms. The molecule has 2 aromatic carbocycles. The minimum Gasteiger partial charge on any atom is -0.497 e. The average molecular weight is 467 g/mol. The maximum absolute atomic E-state index is 5.96. The summed E-state index contributed by atoms with van der Waals surface area (Å²) in [5.41, 5.74) is 1.97. The van der Waals surface area contributed by atoms with Crippen LogP contribution in [0.5, 0.6) is 5.75 Å². The number of nitrogens with one attached hydrogen (secondary N) is 1. The van der Waals surface area contributed by atoms with Crippen LogP contribution >= 0.6 is 36.4 Å². The van der Waals surface area contributed by atoms with Crippen LogP contribution < -0.4 is 10.1 Å². The Morgan fingerprint density at radius 3 is 2.40 bits per heavy atom. The Hall–Kier alpha value is -2.01. The monoisotopic (exact) mass is 465 g/mol. The van der Waals surface area contributed by atoms with Crippen molar-refractivity contribution >= 4 is 65.3 Å². The number of methoxy groups -OCH3 is 1. The van der Waals surface area contributed by atoms with Crippen molar-refractivity contribution in [3.63, 3.8) is 0 Å². The molecule has 0 aliphatic heterocycles. The van der Waals surface area contributed by atoms with Gasteiger partial charge in [-0.2, -0.15) is 0 Å². The highest BCUT2D eigenvalue weighted by Gasteiger charge is 2.16. The Kier molecular flexibility index (Phi) is 9.22. The lowest BCUT2D eigenvalue weighted by atomic mass is 9.95. The van der Waals surface area contributed by atoms with E-state index in [0.29, 0.717) is 11.9 Å². The van der Waals surface area contributed by atoms with Gasteiger partial charge in [-0.25, -0.2) is 9.97 Å². The maximum atomic E-state index is 5.96. The highest BCUT2D eigenvalue weighted by Crippen LogP contribution is 2.28. The molecule has 160 valence electrons. The molecule has 0 bridgehead atoms. The Bertz CT molecular complexity index is 987. The normalized spacial score (nSPS) is 14.2. The number of nitrogens with zero attached hydrogens (tertiary/aromatic N) is 2. The van der Waals surface area contributed by atoms with Crippen LogP contribution in [0.4, 0.5) is 5.82 Å². The molecule has 0 saturated heterocycles. The van der Waals surface area contributed by atoms with E-state index in [-0.39, 0.29) is 24.8 Å². The van der Waals surface area contributed by atoms with Gasteiger partial charge in [0.05, 0.1) is 12.6 Å². The quantitative estimate of drug-likeness (QED) is 0.437. The van der Waals surface area contributed by atoms with E-state index in [1.165, 1.54) is 32.1 Å². The van der Waals surface area contributed by atoms with E-state index in [4.69, 9.17) is 26.3 Å². The molecule has 3 aromatic rings. The predicted octanol–water partition coefficient (Wildman–Crippen LogP) is 7.05. The molecule has 0 amide bonds. The summed E-state index contributed by atoms with van der Waals surface area (Å²) in [4.78, 5) is 9.53. The van der Waals surface area contributed by atoms with Crippen molar-refractivity contribution in [1.82, 2.24) is 9.97 Å². The molecular weight excluding hydrogens is 441 g/mol. The second kappa shape index (κ2) is 11.4. The first kappa shape index (κ1) is 24.3. The lowest BCUT2D eigenvalue weighted by Gasteiger charge is -2.24. The third kappa shape index (κ3) is 6.00. The van der Waals surface area contributed by atoms with E-state index >= 15 is 0 Å². The molecule has 1 heterocycles. The highest BCUT2D eigenvalue weighted by atomic mass is 35.5. The van der Waals surface area contributed by atoms with Gasteiger partial charge in [0, 0.05) is 16.5 Å². The van der Waals surface area contributed by atoms with Gasteiger partial charge < -0.3 is 10.1 Å². The summed E-state index contributed by atoms with van der Waals surface area (Å²) >= 11 is 5.96. The highest BCUT2D eigenvalue weighted by molar-refractivity contribution is 6.30. The molecule has 1 N–H and O–H groups in total. The molecule has 1 aliphatic rings. The zero-order chi connectivity index (χ0) is 19.3. The minimum absolute atomic E-state index is 0. The zero-order valence-corrected chi connectivity index (χ0v) is 19.2. The lowest BCUT2D eigenvalue weighted by Crippen LogP contribution is -2.23. The fourth-order valence-corrected chi connectivity index (χ4v) is 3.75. The smallest absolute Gasteiger partial charge is 0.154 e. The van der Waals surface area contributed by atoms with Gasteiger partial charge in [0.15, 0.2) is 5.82 Å². The number of fused-ring (bicyclic) bond motifs is 1. The molecule has 0 radical (unpaired) electrons. The van der Waals surface area contributed by atoms with E-state index in [1.807, 2.05) is 54.6 Å². The van der Waals surface area contributed by atoms with Gasteiger partial charge in [-0.05, 0) is 54.8 Å². The summed E-state index contributed by atoms with van der Waals surface area (Å²) in [6.45, 7) is 0. The fourth-order valence-electron chi connectivity index (χ4n) is 3.62. The number of benzene rings is 2. The molecule has 1 aromatic heterocycles. The van der Waals surface area contributed by atoms with Crippen LogP contribution in [0.3, 0.4) is 0 Å². The molecule has 1 aliphatic carbocycles. The fraction of sp³-hybridized carbons (Fsp3) is 0.304. The number of halogens is 3. The molecular formula is C23H26Cl3N3O. The van der Waals surface area contributed by atoms with Crippen molar-refractivity contribution in [2.45, 2.75) is 38.1 Å². The molecule has 1 saturated carbocycles. The maximum Gasteiger partial charge on any atom is 0.154 e. The molecule has 7 heteroatoms. The van der Waals surface area contributed by atoms with Crippen LogP contribution in [0.25, 0.3) is 23.1 Å². The van der Waals surface area contributed by atoms with E-state index < -0.39 is 0 Å². The summed E-state index contributed by atoms with van der Waals surface area (Å²) < 4.78 is 5.40. The largest absolute Gasteiger partial charge is 0.497 e. The van der Waals surface area contributed by atoms with Crippen molar-refractivity contribution in [2.75, 3.05) is 12.4 Å². The van der Waals surface area contributed by atoms with Crippen molar-refractivity contribution in [3.05, 3.63) is 58.9 Å². The molecule has 4 nitrogen and oxygen atoms in total. The summed E-state index contributed by atoms with van der Waals surface area (Å²) in [7, 11) is 1.68. The minimum atomic E-state index is 0. The Morgan fingerprint density at radius 2 is 1.70 bits per heavy atom. The number of ether oxygens (including phenoxy) is 1. The van der Waals surface area contributed by atoms with Gasteiger partial charge in [0.1, 0.15) is 11.6 Å². The first-order valence-electron chi connectivity index (χ1n) is 9.77. The second-order valence-corrected chi connectivity index (χ2v) is 7.61. The van der Waals surface area contributed by atoms with Gasteiger partial charge in [-0.3, -0.25) is 0 Å². The standard InChI is InChI=1S/C23H24ClN3O.2ClH/c1-28-19-12-13-21-20(15-19)23(25-18-5-3-2-4-6-18)27-22(26-21)14-9-16-7-10-17(24)11-8-16;;/h7-15,18H,2-6H2,1H3,(H,25,26,27);2*1H/b14-9+;;. The summed E-state index contributed by atoms with van der Waals surface area (Å²) in [5.74, 6) is 2.38. The molecule has 0 unspecified atom stereocenters. The van der Waals surface area contributed by atoms with E-state index in [2.05, 4.69) is 5.32 Å². The number of hydrogen-bond acceptors (Lipinski definition) is 4. The first-order valence-corrected chi connectivity index (χ1v) is 10.1. The number of rotatable bonds is 5.